The zero-order valence-electron chi connectivity index (χ0n) is 15.0. The number of hydrogen-bond acceptors (Lipinski definition) is 7. The first-order valence-corrected chi connectivity index (χ1v) is 9.46. The van der Waals surface area contributed by atoms with Crippen LogP contribution in [0.2, 0.25) is 0 Å². The summed E-state index contributed by atoms with van der Waals surface area (Å²) in [6, 6.07) is 5.95. The molecule has 0 aliphatic carbocycles. The van der Waals surface area contributed by atoms with Crippen LogP contribution in [0.15, 0.2) is 30.5 Å². The summed E-state index contributed by atoms with van der Waals surface area (Å²) in [5.41, 5.74) is 0.371. The van der Waals surface area contributed by atoms with Gasteiger partial charge in [0, 0.05) is 44.0 Å². The molecule has 1 aliphatic rings. The number of benzene rings is 1. The van der Waals surface area contributed by atoms with Crippen LogP contribution in [0.5, 0.6) is 0 Å². The number of carbonyl (C=O) groups is 1. The van der Waals surface area contributed by atoms with Crippen LogP contribution in [0.4, 0.5) is 15.2 Å². The molecule has 0 unspecified atom stereocenters. The lowest BCUT2D eigenvalue weighted by molar-refractivity contribution is -0.385. The monoisotopic (exact) mass is 401 g/mol. The van der Waals surface area contributed by atoms with Gasteiger partial charge in [0.1, 0.15) is 16.2 Å². The molecule has 0 radical (unpaired) electrons. The van der Waals surface area contributed by atoms with Crippen molar-refractivity contribution in [3.05, 3.63) is 57.5 Å². The maximum absolute atomic E-state index is 14.0. The van der Waals surface area contributed by atoms with E-state index in [0.717, 1.165) is 27.6 Å². The molecule has 3 heterocycles. The van der Waals surface area contributed by atoms with Gasteiger partial charge in [-0.2, -0.15) is 0 Å². The number of fused-ring (bicyclic) bond motifs is 1. The van der Waals surface area contributed by atoms with Gasteiger partial charge in [0.25, 0.3) is 11.6 Å². The number of carbonyl (C=O) groups excluding carboxylic acids is 1. The molecule has 0 bridgehead atoms. The number of thiazole rings is 1. The van der Waals surface area contributed by atoms with Crippen LogP contribution < -0.4 is 4.90 Å². The lowest BCUT2D eigenvalue weighted by Crippen LogP contribution is -2.48. The molecule has 1 saturated heterocycles. The van der Waals surface area contributed by atoms with Crippen molar-refractivity contribution < 1.29 is 14.1 Å². The predicted octanol–water partition coefficient (Wildman–Crippen LogP) is 3.01. The predicted molar refractivity (Wildman–Crippen MR) is 103 cm³/mol. The first-order valence-electron chi connectivity index (χ1n) is 8.64. The van der Waals surface area contributed by atoms with Crippen molar-refractivity contribution in [2.45, 2.75) is 6.92 Å². The van der Waals surface area contributed by atoms with Gasteiger partial charge in [0.05, 0.1) is 10.5 Å². The molecule has 0 saturated carbocycles. The number of anilines is 1. The fraction of sp³-hybridized carbons (Fsp3) is 0.278. The van der Waals surface area contributed by atoms with Crippen LogP contribution in [0.25, 0.3) is 10.3 Å². The van der Waals surface area contributed by atoms with Crippen molar-refractivity contribution in [1.82, 2.24) is 14.9 Å². The van der Waals surface area contributed by atoms with Crippen molar-refractivity contribution in [2.75, 3.05) is 31.1 Å². The summed E-state index contributed by atoms with van der Waals surface area (Å²) < 4.78 is 14.0. The molecule has 0 N–H and O–H groups in total. The van der Waals surface area contributed by atoms with E-state index in [2.05, 4.69) is 14.9 Å². The topological polar surface area (TPSA) is 92.5 Å². The molecule has 2 aromatic heterocycles. The molecular weight excluding hydrogens is 385 g/mol. The number of nitro groups is 1. The van der Waals surface area contributed by atoms with Gasteiger partial charge in [0.2, 0.25) is 0 Å². The highest BCUT2D eigenvalue weighted by atomic mass is 32.1. The minimum atomic E-state index is -0.752. The Morgan fingerprint density at radius 3 is 2.71 bits per heavy atom. The number of nitro benzene ring substituents is 1. The summed E-state index contributed by atoms with van der Waals surface area (Å²) in [7, 11) is 0. The van der Waals surface area contributed by atoms with Crippen molar-refractivity contribution in [3.8, 4) is 0 Å². The third-order valence-electron chi connectivity index (χ3n) is 4.75. The molecule has 1 amide bonds. The summed E-state index contributed by atoms with van der Waals surface area (Å²) >= 11 is 1.49. The van der Waals surface area contributed by atoms with Crippen LogP contribution in [-0.4, -0.2) is 51.9 Å². The average molecular weight is 401 g/mol. The maximum atomic E-state index is 14.0. The van der Waals surface area contributed by atoms with E-state index in [4.69, 9.17) is 0 Å². The van der Waals surface area contributed by atoms with Crippen molar-refractivity contribution in [1.29, 1.82) is 0 Å². The first-order chi connectivity index (χ1) is 13.4. The molecule has 1 fully saturated rings. The van der Waals surface area contributed by atoms with E-state index in [1.807, 2.05) is 12.1 Å². The number of rotatable bonds is 3. The van der Waals surface area contributed by atoms with E-state index in [0.29, 0.717) is 26.2 Å². The van der Waals surface area contributed by atoms with Crippen molar-refractivity contribution in [2.24, 2.45) is 0 Å². The van der Waals surface area contributed by atoms with Crippen LogP contribution in [0.1, 0.15) is 15.9 Å². The summed E-state index contributed by atoms with van der Waals surface area (Å²) in [4.78, 5) is 36.5. The molecule has 144 valence electrons. The second-order valence-corrected chi connectivity index (χ2v) is 7.42. The first kappa shape index (κ1) is 18.2. The van der Waals surface area contributed by atoms with Crippen molar-refractivity contribution >= 4 is 38.4 Å². The zero-order valence-corrected chi connectivity index (χ0v) is 15.8. The standard InChI is InChI=1S/C18H16FN5O3S/c1-11-13(19)9-12(10-15(11)24(26)27)17(25)22-5-7-23(8-6-22)18-21-14-3-2-4-20-16(14)28-18/h2-4,9-10H,5-8H2,1H3. The summed E-state index contributed by atoms with van der Waals surface area (Å²) in [6.45, 7) is 3.31. The highest BCUT2D eigenvalue weighted by molar-refractivity contribution is 7.21. The number of pyridine rings is 1. The zero-order chi connectivity index (χ0) is 19.8. The van der Waals surface area contributed by atoms with Gasteiger partial charge in [-0.25, -0.2) is 14.4 Å². The second kappa shape index (κ2) is 7.12. The highest BCUT2D eigenvalue weighted by Gasteiger charge is 2.26. The summed E-state index contributed by atoms with van der Waals surface area (Å²) in [5, 5.41) is 11.9. The summed E-state index contributed by atoms with van der Waals surface area (Å²) in [6.07, 6.45) is 1.72. The lowest BCUT2D eigenvalue weighted by Gasteiger charge is -2.34. The normalized spacial score (nSPS) is 14.5. The largest absolute Gasteiger partial charge is 0.344 e. The van der Waals surface area contributed by atoms with Gasteiger partial charge in [-0.05, 0) is 25.1 Å². The van der Waals surface area contributed by atoms with Gasteiger partial charge in [0.15, 0.2) is 5.13 Å². The number of piperazine rings is 1. The average Bonchev–Trinajstić information content (AvgIpc) is 3.13. The Morgan fingerprint density at radius 1 is 1.29 bits per heavy atom. The van der Waals surface area contributed by atoms with Crippen molar-refractivity contribution in [3.63, 3.8) is 0 Å². The molecule has 1 aromatic carbocycles. The Kier molecular flexibility index (Phi) is 4.63. The minimum absolute atomic E-state index is 0.00700. The van der Waals surface area contributed by atoms with Gasteiger partial charge in [-0.3, -0.25) is 14.9 Å². The molecule has 1 aliphatic heterocycles. The van der Waals surface area contributed by atoms with Crippen LogP contribution in [-0.2, 0) is 0 Å². The Balaban J connectivity index is 1.49. The van der Waals surface area contributed by atoms with E-state index >= 15 is 0 Å². The number of aromatic nitrogens is 2. The van der Waals surface area contributed by atoms with Gasteiger partial charge in [-0.1, -0.05) is 11.3 Å². The van der Waals surface area contributed by atoms with Gasteiger partial charge >= 0.3 is 0 Å². The molecule has 4 rings (SSSR count). The van der Waals surface area contributed by atoms with E-state index in [1.54, 1.807) is 11.1 Å². The SMILES string of the molecule is Cc1c(F)cc(C(=O)N2CCN(c3nc4cccnc4s3)CC2)cc1[N+](=O)[O-]. The smallest absolute Gasteiger partial charge is 0.276 e. The fourth-order valence-electron chi connectivity index (χ4n) is 3.15. The number of halogens is 1. The van der Waals surface area contributed by atoms with E-state index in [9.17, 15) is 19.3 Å². The number of amides is 1. The molecule has 10 heteroatoms. The van der Waals surface area contributed by atoms with E-state index < -0.39 is 16.6 Å². The fourth-order valence-corrected chi connectivity index (χ4v) is 4.11. The molecule has 3 aromatic rings. The van der Waals surface area contributed by atoms with E-state index in [-0.39, 0.29) is 16.8 Å². The molecule has 28 heavy (non-hydrogen) atoms. The lowest BCUT2D eigenvalue weighted by atomic mass is 10.1. The molecule has 0 spiro atoms. The highest BCUT2D eigenvalue weighted by Crippen LogP contribution is 2.28. The van der Waals surface area contributed by atoms with E-state index in [1.165, 1.54) is 18.3 Å². The third kappa shape index (κ3) is 3.26. The maximum Gasteiger partial charge on any atom is 0.276 e. The second-order valence-electron chi connectivity index (χ2n) is 6.46. The number of hydrogen-bond donors (Lipinski definition) is 0. The Labute approximate surface area is 163 Å². The van der Waals surface area contributed by atoms with Gasteiger partial charge < -0.3 is 9.80 Å². The Bertz CT molecular complexity index is 1050. The molecular formula is C18H16FN5O3S. The van der Waals surface area contributed by atoms with Crippen LogP contribution >= 0.6 is 11.3 Å². The van der Waals surface area contributed by atoms with Crippen LogP contribution in [0.3, 0.4) is 0 Å². The third-order valence-corrected chi connectivity index (χ3v) is 5.79. The number of nitrogens with zero attached hydrogens (tertiary/aromatic N) is 5. The molecule has 0 atom stereocenters. The Morgan fingerprint density at radius 2 is 2.04 bits per heavy atom. The van der Waals surface area contributed by atoms with Crippen LogP contribution in [0, 0.1) is 22.9 Å². The summed E-state index contributed by atoms with van der Waals surface area (Å²) in [5.74, 6) is -1.16. The molecule has 8 nitrogen and oxygen atoms in total. The van der Waals surface area contributed by atoms with Gasteiger partial charge in [-0.15, -0.1) is 0 Å². The Hall–Kier alpha value is -3.14. The quantitative estimate of drug-likeness (QED) is 0.495. The minimum Gasteiger partial charge on any atom is -0.344 e.